The summed E-state index contributed by atoms with van der Waals surface area (Å²) in [5, 5.41) is 22.0. The average Bonchev–Trinajstić information content (AvgIpc) is 3.46. The highest BCUT2D eigenvalue weighted by atomic mass is 16.4. The van der Waals surface area contributed by atoms with Gasteiger partial charge in [0.2, 0.25) is 5.91 Å². The SMILES string of the molecule is CC(C)N(CCNC(=O)C12CCCC1C1CCC3C(C)(CCC4C(C)(C)C(c5ccc(C(=O)O)cc5)=CCC43C)C1CC2)CC(=O)O. The van der Waals surface area contributed by atoms with Crippen molar-refractivity contribution in [3.8, 4) is 0 Å². The maximum Gasteiger partial charge on any atom is 0.335 e. The molecule has 5 aliphatic rings. The van der Waals surface area contributed by atoms with Crippen LogP contribution in [0.25, 0.3) is 5.57 Å². The van der Waals surface area contributed by atoms with E-state index in [4.69, 9.17) is 0 Å². The van der Waals surface area contributed by atoms with E-state index in [1.54, 1.807) is 12.1 Å². The molecule has 3 N–H and O–H groups in total. The van der Waals surface area contributed by atoms with E-state index >= 15 is 0 Å². The van der Waals surface area contributed by atoms with Crippen molar-refractivity contribution < 1.29 is 24.6 Å². The Morgan fingerprint density at radius 2 is 1.60 bits per heavy atom. The molecule has 7 nitrogen and oxygen atoms in total. The second-order valence-electron chi connectivity index (χ2n) is 17.3. The first-order valence-electron chi connectivity index (χ1n) is 18.4. The third kappa shape index (κ3) is 5.56. The lowest BCUT2D eigenvalue weighted by molar-refractivity contribution is -0.181. The van der Waals surface area contributed by atoms with Gasteiger partial charge in [-0.15, -0.1) is 0 Å². The fourth-order valence-corrected chi connectivity index (χ4v) is 12.7. The van der Waals surface area contributed by atoms with Crippen LogP contribution in [-0.2, 0) is 9.59 Å². The Kier molecular flexibility index (Phi) is 8.98. The van der Waals surface area contributed by atoms with Crippen LogP contribution in [0.1, 0.15) is 122 Å². The van der Waals surface area contributed by atoms with Gasteiger partial charge in [-0.05, 0) is 141 Å². The molecule has 0 radical (unpaired) electrons. The van der Waals surface area contributed by atoms with E-state index in [2.05, 4.69) is 39.1 Å². The minimum absolute atomic E-state index is 0.00123. The van der Waals surface area contributed by atoms with Gasteiger partial charge in [-0.1, -0.05) is 52.3 Å². The summed E-state index contributed by atoms with van der Waals surface area (Å²) < 4.78 is 0. The van der Waals surface area contributed by atoms with Crippen LogP contribution >= 0.6 is 0 Å². The first kappa shape index (κ1) is 34.2. The van der Waals surface area contributed by atoms with Gasteiger partial charge in [0.15, 0.2) is 0 Å². The smallest absolute Gasteiger partial charge is 0.335 e. The minimum Gasteiger partial charge on any atom is -0.480 e. The third-order valence-corrected chi connectivity index (χ3v) is 14.7. The first-order chi connectivity index (χ1) is 22.1. The number of nitrogens with one attached hydrogen (secondary N) is 1. The number of aliphatic carboxylic acids is 1. The lowest BCUT2D eigenvalue weighted by Gasteiger charge is -2.68. The molecule has 4 fully saturated rings. The molecule has 4 saturated carbocycles. The number of carboxylic acid groups (broad SMARTS) is 2. The van der Waals surface area contributed by atoms with Crippen LogP contribution in [0.3, 0.4) is 0 Å². The van der Waals surface area contributed by atoms with Crippen LogP contribution < -0.4 is 5.32 Å². The molecule has 1 aromatic carbocycles. The normalized spacial score (nSPS) is 37.3. The molecule has 0 aliphatic heterocycles. The minimum atomic E-state index is -0.882. The number of fused-ring (bicyclic) bond motifs is 7. The molecule has 8 atom stereocenters. The summed E-state index contributed by atoms with van der Waals surface area (Å²) in [4.78, 5) is 38.8. The molecule has 5 aliphatic carbocycles. The number of aromatic carboxylic acids is 1. The fraction of sp³-hybridized carbons (Fsp3) is 0.725. The number of rotatable bonds is 9. The zero-order valence-corrected chi connectivity index (χ0v) is 29.6. The van der Waals surface area contributed by atoms with Crippen molar-refractivity contribution >= 4 is 23.4 Å². The van der Waals surface area contributed by atoms with Crippen LogP contribution in [0, 0.1) is 51.2 Å². The number of hydrogen-bond acceptors (Lipinski definition) is 4. The molecule has 7 heteroatoms. The molecular formula is C40H58N2O5. The predicted octanol–water partition coefficient (Wildman–Crippen LogP) is 7.75. The molecule has 0 heterocycles. The summed E-state index contributed by atoms with van der Waals surface area (Å²) in [6, 6.07) is 7.60. The number of amides is 1. The topological polar surface area (TPSA) is 107 Å². The summed E-state index contributed by atoms with van der Waals surface area (Å²) >= 11 is 0. The van der Waals surface area contributed by atoms with E-state index in [1.807, 2.05) is 30.9 Å². The number of carbonyl (C=O) groups excluding carboxylic acids is 1. The predicted molar refractivity (Wildman–Crippen MR) is 185 cm³/mol. The van der Waals surface area contributed by atoms with Crippen molar-refractivity contribution in [1.29, 1.82) is 0 Å². The van der Waals surface area contributed by atoms with Crippen molar-refractivity contribution in [2.24, 2.45) is 51.2 Å². The van der Waals surface area contributed by atoms with Gasteiger partial charge in [0.05, 0.1) is 17.5 Å². The largest absolute Gasteiger partial charge is 0.480 e. The Balaban J connectivity index is 1.19. The van der Waals surface area contributed by atoms with Gasteiger partial charge in [-0.2, -0.15) is 0 Å². The Bertz CT molecular complexity index is 1420. The maximum absolute atomic E-state index is 14.0. The molecule has 0 saturated heterocycles. The highest BCUT2D eigenvalue weighted by Gasteiger charge is 2.66. The van der Waals surface area contributed by atoms with E-state index in [0.717, 1.165) is 44.1 Å². The monoisotopic (exact) mass is 646 g/mol. The number of carbonyl (C=O) groups is 3. The van der Waals surface area contributed by atoms with E-state index in [1.165, 1.54) is 31.3 Å². The molecule has 47 heavy (non-hydrogen) atoms. The lowest BCUT2D eigenvalue weighted by Crippen LogP contribution is -2.62. The lowest BCUT2D eigenvalue weighted by atomic mass is 9.36. The zero-order valence-electron chi connectivity index (χ0n) is 29.6. The van der Waals surface area contributed by atoms with Gasteiger partial charge in [0.1, 0.15) is 0 Å². The highest BCUT2D eigenvalue weighted by Crippen LogP contribution is 2.73. The molecule has 6 rings (SSSR count). The summed E-state index contributed by atoms with van der Waals surface area (Å²) in [6.07, 6.45) is 13.9. The molecule has 0 bridgehead atoms. The van der Waals surface area contributed by atoms with Gasteiger partial charge in [-0.25, -0.2) is 4.79 Å². The molecule has 8 unspecified atom stereocenters. The van der Waals surface area contributed by atoms with Crippen LogP contribution in [0.5, 0.6) is 0 Å². The summed E-state index contributed by atoms with van der Waals surface area (Å²) in [5.74, 6) is 1.45. The summed E-state index contributed by atoms with van der Waals surface area (Å²) in [5.41, 5.74) is 3.08. The van der Waals surface area contributed by atoms with Crippen molar-refractivity contribution in [2.45, 2.75) is 112 Å². The number of carboxylic acids is 2. The van der Waals surface area contributed by atoms with Gasteiger partial charge in [0.25, 0.3) is 0 Å². The molecular weight excluding hydrogens is 588 g/mol. The highest BCUT2D eigenvalue weighted by molar-refractivity contribution is 5.88. The second-order valence-corrected chi connectivity index (χ2v) is 17.3. The second kappa shape index (κ2) is 12.3. The molecule has 1 amide bonds. The van der Waals surface area contributed by atoms with Crippen molar-refractivity contribution in [3.63, 3.8) is 0 Å². The Morgan fingerprint density at radius 1 is 0.872 bits per heavy atom. The fourth-order valence-electron chi connectivity index (χ4n) is 12.7. The van der Waals surface area contributed by atoms with Crippen molar-refractivity contribution in [3.05, 3.63) is 41.5 Å². The number of hydrogen-bond donors (Lipinski definition) is 3. The quantitative estimate of drug-likeness (QED) is 0.253. The van der Waals surface area contributed by atoms with Crippen LogP contribution in [0.2, 0.25) is 0 Å². The van der Waals surface area contributed by atoms with Gasteiger partial charge >= 0.3 is 11.9 Å². The Hall–Kier alpha value is -2.67. The molecule has 258 valence electrons. The number of benzene rings is 1. The van der Waals surface area contributed by atoms with Gasteiger partial charge < -0.3 is 15.5 Å². The zero-order chi connectivity index (χ0) is 33.9. The number of allylic oxidation sites excluding steroid dienone is 2. The van der Waals surface area contributed by atoms with Crippen molar-refractivity contribution in [2.75, 3.05) is 19.6 Å². The first-order valence-corrected chi connectivity index (χ1v) is 18.4. The molecule has 1 aromatic rings. The van der Waals surface area contributed by atoms with E-state index < -0.39 is 11.9 Å². The van der Waals surface area contributed by atoms with Crippen LogP contribution in [0.4, 0.5) is 0 Å². The molecule has 0 spiro atoms. The summed E-state index contributed by atoms with van der Waals surface area (Å²) in [6.45, 7) is 15.1. The standard InChI is InChI=1S/C40H58N2O5/c1-25(2)42(24-34(43)44)23-22-41-36(47)40-18-7-8-31(40)28-13-14-33-38(5,30(28)16-21-40)20-17-32-37(3,4)29(15-19-39(32,33)6)26-9-11-27(12-10-26)35(45)46/h9-12,15,25,28,30-33H,7-8,13-14,16-24H2,1-6H3,(H,41,47)(H,43,44)(H,45,46). The van der Waals surface area contributed by atoms with E-state index in [-0.39, 0.29) is 40.2 Å². The maximum atomic E-state index is 14.0. The number of nitrogens with zero attached hydrogens (tertiary/aromatic N) is 1. The Morgan fingerprint density at radius 3 is 2.26 bits per heavy atom. The molecule has 0 aromatic heterocycles. The van der Waals surface area contributed by atoms with Crippen LogP contribution in [-0.4, -0.2) is 58.6 Å². The van der Waals surface area contributed by atoms with Gasteiger partial charge in [0, 0.05) is 19.1 Å². The third-order valence-electron chi connectivity index (χ3n) is 14.7. The van der Waals surface area contributed by atoms with Crippen molar-refractivity contribution in [1.82, 2.24) is 10.2 Å². The average molecular weight is 647 g/mol. The summed E-state index contributed by atoms with van der Waals surface area (Å²) in [7, 11) is 0. The van der Waals surface area contributed by atoms with Crippen LogP contribution in [0.15, 0.2) is 30.3 Å². The van der Waals surface area contributed by atoms with E-state index in [9.17, 15) is 24.6 Å². The Labute approximate surface area is 282 Å². The van der Waals surface area contributed by atoms with E-state index in [0.29, 0.717) is 48.2 Å². The van der Waals surface area contributed by atoms with Gasteiger partial charge in [-0.3, -0.25) is 14.5 Å².